The lowest BCUT2D eigenvalue weighted by atomic mass is 10.0. The smallest absolute Gasteiger partial charge is 0.367 e. The second-order valence-corrected chi connectivity index (χ2v) is 11.0. The Kier molecular flexibility index (Phi) is 8.38. The maximum atomic E-state index is 15.7. The Balaban J connectivity index is 1.51. The van der Waals surface area contributed by atoms with E-state index in [4.69, 9.17) is 0 Å². The molecule has 5 rings (SSSR count). The standard InChI is InChI=1S/C30H33F5N6O/c1-19-18-41(13-10-39(19)3)27-16-25(32)23(20-4-7-28(36-17-20)40-11-8-38(2)9-12-40)15-26(27)37-29(42)22-6-5-21(31)14-24(22)30(33,34)35/h4-7,14-17,19H,8-13,18H2,1-3H3,(H,37,42)/t19-/m1/s1. The second kappa shape index (κ2) is 11.8. The summed E-state index contributed by atoms with van der Waals surface area (Å²) in [4.78, 5) is 26.2. The van der Waals surface area contributed by atoms with Crippen LogP contribution in [0.3, 0.4) is 0 Å². The zero-order valence-corrected chi connectivity index (χ0v) is 23.7. The van der Waals surface area contributed by atoms with Gasteiger partial charge in [0.15, 0.2) is 0 Å². The van der Waals surface area contributed by atoms with Crippen molar-refractivity contribution >= 4 is 23.1 Å². The maximum absolute atomic E-state index is 15.7. The molecule has 0 unspecified atom stereocenters. The van der Waals surface area contributed by atoms with Crippen LogP contribution in [0, 0.1) is 11.6 Å². The molecule has 1 aromatic heterocycles. The van der Waals surface area contributed by atoms with Gasteiger partial charge in [-0.15, -0.1) is 0 Å². The fourth-order valence-corrected chi connectivity index (χ4v) is 5.32. The minimum atomic E-state index is -4.95. The molecule has 12 heteroatoms. The number of benzene rings is 2. The van der Waals surface area contributed by atoms with E-state index in [-0.39, 0.29) is 17.3 Å². The lowest BCUT2D eigenvalue weighted by Gasteiger charge is -2.39. The molecular formula is C30H33F5N6O. The molecule has 7 nitrogen and oxygen atoms in total. The summed E-state index contributed by atoms with van der Waals surface area (Å²) in [6.07, 6.45) is -3.40. The number of hydrogen-bond donors (Lipinski definition) is 1. The van der Waals surface area contributed by atoms with E-state index < -0.39 is 34.8 Å². The summed E-state index contributed by atoms with van der Waals surface area (Å²) in [5, 5.41) is 2.57. The molecule has 224 valence electrons. The summed E-state index contributed by atoms with van der Waals surface area (Å²) in [6, 6.07) is 8.29. The predicted octanol–water partition coefficient (Wildman–Crippen LogP) is 5.19. The Labute approximate surface area is 241 Å². The first-order chi connectivity index (χ1) is 19.9. The van der Waals surface area contributed by atoms with E-state index in [1.165, 1.54) is 12.1 Å². The highest BCUT2D eigenvalue weighted by molar-refractivity contribution is 6.07. The van der Waals surface area contributed by atoms with Gasteiger partial charge in [0.25, 0.3) is 5.91 Å². The highest BCUT2D eigenvalue weighted by atomic mass is 19.4. The summed E-state index contributed by atoms with van der Waals surface area (Å²) < 4.78 is 70.4. The van der Waals surface area contributed by atoms with Gasteiger partial charge in [0.1, 0.15) is 17.5 Å². The first-order valence-electron chi connectivity index (χ1n) is 13.8. The van der Waals surface area contributed by atoms with Crippen LogP contribution >= 0.6 is 0 Å². The maximum Gasteiger partial charge on any atom is 0.417 e. The van der Waals surface area contributed by atoms with Crippen LogP contribution in [-0.2, 0) is 6.18 Å². The summed E-state index contributed by atoms with van der Waals surface area (Å²) >= 11 is 0. The van der Waals surface area contributed by atoms with Crippen molar-refractivity contribution in [2.45, 2.75) is 19.1 Å². The second-order valence-electron chi connectivity index (χ2n) is 11.0. The fraction of sp³-hybridized carbons (Fsp3) is 0.400. The van der Waals surface area contributed by atoms with Crippen molar-refractivity contribution in [1.82, 2.24) is 14.8 Å². The van der Waals surface area contributed by atoms with E-state index >= 15 is 4.39 Å². The molecule has 1 amide bonds. The number of halogens is 5. The lowest BCUT2D eigenvalue weighted by molar-refractivity contribution is -0.138. The van der Waals surface area contributed by atoms with E-state index in [1.807, 2.05) is 24.9 Å². The quantitative estimate of drug-likeness (QED) is 0.415. The van der Waals surface area contributed by atoms with E-state index in [0.717, 1.165) is 44.1 Å². The molecule has 2 saturated heterocycles. The molecule has 0 saturated carbocycles. The Morgan fingerprint density at radius 1 is 0.929 bits per heavy atom. The van der Waals surface area contributed by atoms with E-state index in [9.17, 15) is 22.4 Å². The van der Waals surface area contributed by atoms with Gasteiger partial charge in [-0.05, 0) is 63.5 Å². The van der Waals surface area contributed by atoms with E-state index in [1.54, 1.807) is 12.3 Å². The molecule has 2 aliphatic heterocycles. The van der Waals surface area contributed by atoms with Crippen LogP contribution in [0.25, 0.3) is 11.1 Å². The van der Waals surface area contributed by atoms with Crippen molar-refractivity contribution in [3.8, 4) is 11.1 Å². The number of carbonyl (C=O) groups is 1. The van der Waals surface area contributed by atoms with Gasteiger partial charge in [-0.25, -0.2) is 13.8 Å². The average molecular weight is 589 g/mol. The van der Waals surface area contributed by atoms with Crippen molar-refractivity contribution in [3.63, 3.8) is 0 Å². The fourth-order valence-electron chi connectivity index (χ4n) is 5.32. The van der Waals surface area contributed by atoms with Crippen molar-refractivity contribution < 1.29 is 26.7 Å². The largest absolute Gasteiger partial charge is 0.417 e. The molecule has 0 bridgehead atoms. The van der Waals surface area contributed by atoms with E-state index in [2.05, 4.69) is 32.0 Å². The van der Waals surface area contributed by atoms with Gasteiger partial charge >= 0.3 is 6.18 Å². The number of hydrogen-bond acceptors (Lipinski definition) is 6. The molecule has 42 heavy (non-hydrogen) atoms. The van der Waals surface area contributed by atoms with Crippen LogP contribution < -0.4 is 15.1 Å². The SMILES string of the molecule is C[C@@H]1CN(c2cc(F)c(-c3ccc(N4CCN(C)CC4)nc3)cc2NC(=O)c2ccc(F)cc2C(F)(F)F)CCN1C. The molecule has 2 fully saturated rings. The predicted molar refractivity (Wildman–Crippen MR) is 153 cm³/mol. The van der Waals surface area contributed by atoms with Crippen molar-refractivity contribution in [1.29, 1.82) is 0 Å². The number of nitrogens with one attached hydrogen (secondary N) is 1. The molecule has 0 radical (unpaired) electrons. The van der Waals surface area contributed by atoms with Gasteiger partial charge in [0.05, 0.1) is 22.5 Å². The van der Waals surface area contributed by atoms with Crippen molar-refractivity contribution in [2.24, 2.45) is 0 Å². The van der Waals surface area contributed by atoms with Crippen LogP contribution in [0.2, 0.25) is 0 Å². The van der Waals surface area contributed by atoms with Gasteiger partial charge in [-0.2, -0.15) is 13.2 Å². The number of amides is 1. The summed E-state index contributed by atoms with van der Waals surface area (Å²) in [6.45, 7) is 7.15. The Bertz CT molecular complexity index is 1440. The van der Waals surface area contributed by atoms with Crippen LogP contribution in [0.5, 0.6) is 0 Å². The molecular weight excluding hydrogens is 555 g/mol. The number of likely N-dealkylation sites (N-methyl/N-ethyl adjacent to an activating group) is 2. The van der Waals surface area contributed by atoms with Gasteiger partial charge < -0.3 is 24.9 Å². The number of pyridine rings is 1. The molecule has 1 N–H and O–H groups in total. The first kappa shape index (κ1) is 29.7. The third-order valence-corrected chi connectivity index (χ3v) is 8.05. The summed E-state index contributed by atoms with van der Waals surface area (Å²) in [5.74, 6) is -1.98. The number of nitrogens with zero attached hydrogens (tertiary/aromatic N) is 5. The van der Waals surface area contributed by atoms with Gasteiger partial charge in [0, 0.05) is 69.2 Å². The Hall–Kier alpha value is -3.77. The number of rotatable bonds is 5. The van der Waals surface area contributed by atoms with Crippen LogP contribution in [0.4, 0.5) is 39.1 Å². The average Bonchev–Trinajstić information content (AvgIpc) is 2.95. The molecule has 2 aliphatic rings. The highest BCUT2D eigenvalue weighted by Gasteiger charge is 2.36. The summed E-state index contributed by atoms with van der Waals surface area (Å²) in [7, 11) is 4.03. The van der Waals surface area contributed by atoms with Gasteiger partial charge in [-0.1, -0.05) is 0 Å². The number of piperazine rings is 2. The van der Waals surface area contributed by atoms with Crippen LogP contribution in [0.15, 0.2) is 48.7 Å². The molecule has 0 spiro atoms. The number of aromatic nitrogens is 1. The first-order valence-corrected chi connectivity index (χ1v) is 13.8. The molecule has 2 aromatic carbocycles. The van der Waals surface area contributed by atoms with Gasteiger partial charge in [0.2, 0.25) is 0 Å². The third kappa shape index (κ3) is 6.34. The number of carbonyl (C=O) groups excluding carboxylic acids is 1. The minimum absolute atomic E-state index is 0.116. The normalized spacial score (nSPS) is 18.8. The third-order valence-electron chi connectivity index (χ3n) is 8.05. The lowest BCUT2D eigenvalue weighted by Crippen LogP contribution is -2.50. The van der Waals surface area contributed by atoms with Gasteiger partial charge in [-0.3, -0.25) is 4.79 Å². The highest BCUT2D eigenvalue weighted by Crippen LogP contribution is 2.37. The monoisotopic (exact) mass is 588 g/mol. The zero-order chi connectivity index (χ0) is 30.2. The molecule has 1 atom stereocenters. The van der Waals surface area contributed by atoms with Crippen LogP contribution in [-0.4, -0.2) is 86.6 Å². The topological polar surface area (TPSA) is 55.0 Å². The van der Waals surface area contributed by atoms with E-state index in [0.29, 0.717) is 37.0 Å². The minimum Gasteiger partial charge on any atom is -0.367 e. The van der Waals surface area contributed by atoms with Crippen molar-refractivity contribution in [2.75, 3.05) is 75.0 Å². The molecule has 3 heterocycles. The zero-order valence-electron chi connectivity index (χ0n) is 23.7. The molecule has 3 aromatic rings. The van der Waals surface area contributed by atoms with Crippen LogP contribution in [0.1, 0.15) is 22.8 Å². The number of alkyl halides is 3. The summed E-state index contributed by atoms with van der Waals surface area (Å²) in [5.41, 5.74) is -1.02. The Morgan fingerprint density at radius 2 is 1.64 bits per heavy atom. The number of anilines is 3. The Morgan fingerprint density at radius 3 is 2.29 bits per heavy atom. The molecule has 0 aliphatic carbocycles. The van der Waals surface area contributed by atoms with Crippen molar-refractivity contribution in [3.05, 3.63) is 71.4 Å².